The van der Waals surface area contributed by atoms with Crippen LogP contribution in [0.4, 0.5) is 17.3 Å². The Morgan fingerprint density at radius 3 is 2.22 bits per heavy atom. The van der Waals surface area contributed by atoms with Gasteiger partial charge in [-0.2, -0.15) is 0 Å². The number of anilines is 3. The lowest BCUT2D eigenvalue weighted by molar-refractivity contribution is -0.0173. The molecule has 1 aromatic heterocycles. The average molecular weight is 573 g/mol. The maximum atomic E-state index is 13.5. The number of hydrogen-bond donors (Lipinski definition) is 2. The fourth-order valence-corrected chi connectivity index (χ4v) is 6.42. The number of esters is 1. The minimum atomic E-state index is -3.96. The standard InChI is InChI=1S/C32H36N4O4S/c1-20(2)24-18-15-22(4)19-29(24)40-32(37)25-9-5-6-10-26(25)33-30-31(35-28-12-8-7-11-27(28)34-30)36-41(38,39)23-16-13-21(3)14-17-23/h5-14,16-17,20,22,24,29H,15,18-19H2,1-4H3,(H,33,34)(H,35,36)/t22-,24+,29+/m0/s1. The Labute approximate surface area is 241 Å². The number of para-hydroxylation sites is 3. The molecule has 1 aliphatic rings. The lowest BCUT2D eigenvalue weighted by Crippen LogP contribution is -2.36. The lowest BCUT2D eigenvalue weighted by atomic mass is 9.75. The van der Waals surface area contributed by atoms with Crippen molar-refractivity contribution in [3.63, 3.8) is 0 Å². The average Bonchev–Trinajstić information content (AvgIpc) is 2.93. The van der Waals surface area contributed by atoms with Gasteiger partial charge in [-0.05, 0) is 73.9 Å². The van der Waals surface area contributed by atoms with Gasteiger partial charge >= 0.3 is 5.97 Å². The van der Waals surface area contributed by atoms with E-state index in [0.717, 1.165) is 24.8 Å². The van der Waals surface area contributed by atoms with Crippen LogP contribution in [-0.4, -0.2) is 30.5 Å². The quantitative estimate of drug-likeness (QED) is 0.217. The summed E-state index contributed by atoms with van der Waals surface area (Å²) in [4.78, 5) is 22.9. The van der Waals surface area contributed by atoms with Gasteiger partial charge in [-0.1, -0.05) is 69.2 Å². The maximum absolute atomic E-state index is 13.5. The fourth-order valence-electron chi connectivity index (χ4n) is 5.41. The van der Waals surface area contributed by atoms with Crippen LogP contribution in [0.2, 0.25) is 0 Å². The van der Waals surface area contributed by atoms with Crippen molar-refractivity contribution in [3.8, 4) is 0 Å². The van der Waals surface area contributed by atoms with E-state index in [2.05, 4.69) is 40.8 Å². The van der Waals surface area contributed by atoms with Gasteiger partial charge in [0.1, 0.15) is 6.10 Å². The number of sulfonamides is 1. The van der Waals surface area contributed by atoms with Crippen LogP contribution >= 0.6 is 0 Å². The summed E-state index contributed by atoms with van der Waals surface area (Å²) in [5.74, 6) is 0.982. The summed E-state index contributed by atoms with van der Waals surface area (Å²) in [6, 6.07) is 20.8. The molecule has 4 aromatic rings. The third-order valence-electron chi connectivity index (χ3n) is 7.75. The van der Waals surface area contributed by atoms with Gasteiger partial charge in [-0.15, -0.1) is 0 Å². The van der Waals surface area contributed by atoms with Gasteiger partial charge in [0.25, 0.3) is 10.0 Å². The van der Waals surface area contributed by atoms with Crippen LogP contribution in [0.3, 0.4) is 0 Å². The van der Waals surface area contributed by atoms with Gasteiger partial charge in [-0.3, -0.25) is 4.72 Å². The van der Waals surface area contributed by atoms with Gasteiger partial charge in [0.2, 0.25) is 0 Å². The van der Waals surface area contributed by atoms with Crippen molar-refractivity contribution in [1.82, 2.24) is 9.97 Å². The van der Waals surface area contributed by atoms with Crippen LogP contribution < -0.4 is 10.0 Å². The monoisotopic (exact) mass is 572 g/mol. The molecule has 3 aromatic carbocycles. The number of fused-ring (bicyclic) bond motifs is 1. The summed E-state index contributed by atoms with van der Waals surface area (Å²) in [6.07, 6.45) is 2.85. The molecule has 9 heteroatoms. The highest BCUT2D eigenvalue weighted by molar-refractivity contribution is 7.92. The first-order valence-corrected chi connectivity index (χ1v) is 15.5. The molecule has 0 radical (unpaired) electrons. The van der Waals surface area contributed by atoms with Crippen LogP contribution in [0, 0.1) is 24.7 Å². The van der Waals surface area contributed by atoms with E-state index in [1.54, 1.807) is 60.7 Å². The van der Waals surface area contributed by atoms with E-state index >= 15 is 0 Å². The van der Waals surface area contributed by atoms with E-state index in [-0.39, 0.29) is 22.6 Å². The van der Waals surface area contributed by atoms with Gasteiger partial charge in [-0.25, -0.2) is 23.2 Å². The van der Waals surface area contributed by atoms with E-state index in [4.69, 9.17) is 4.74 Å². The summed E-state index contributed by atoms with van der Waals surface area (Å²) >= 11 is 0. The molecule has 3 atom stereocenters. The molecular weight excluding hydrogens is 536 g/mol. The van der Waals surface area contributed by atoms with Crippen molar-refractivity contribution < 1.29 is 17.9 Å². The van der Waals surface area contributed by atoms with Crippen LogP contribution in [0.5, 0.6) is 0 Å². The number of aryl methyl sites for hydroxylation is 1. The van der Waals surface area contributed by atoms with Crippen molar-refractivity contribution in [2.24, 2.45) is 17.8 Å². The zero-order valence-corrected chi connectivity index (χ0v) is 24.6. The first kappa shape index (κ1) is 28.5. The predicted molar refractivity (Wildman–Crippen MR) is 162 cm³/mol. The molecule has 1 aliphatic carbocycles. The van der Waals surface area contributed by atoms with Crippen molar-refractivity contribution >= 4 is 44.3 Å². The minimum Gasteiger partial charge on any atom is -0.458 e. The number of ether oxygens (including phenoxy) is 1. The molecular formula is C32H36N4O4S. The van der Waals surface area contributed by atoms with Crippen LogP contribution in [0.15, 0.2) is 77.7 Å². The number of aromatic nitrogens is 2. The number of benzene rings is 3. The van der Waals surface area contributed by atoms with E-state index < -0.39 is 16.0 Å². The van der Waals surface area contributed by atoms with Gasteiger partial charge in [0.05, 0.1) is 27.2 Å². The fraction of sp³-hybridized carbons (Fsp3) is 0.344. The smallest absolute Gasteiger partial charge is 0.340 e. The molecule has 0 bridgehead atoms. The van der Waals surface area contributed by atoms with E-state index in [0.29, 0.717) is 40.0 Å². The lowest BCUT2D eigenvalue weighted by Gasteiger charge is -2.36. The Morgan fingerprint density at radius 2 is 1.54 bits per heavy atom. The molecule has 2 N–H and O–H groups in total. The van der Waals surface area contributed by atoms with Crippen LogP contribution in [-0.2, 0) is 14.8 Å². The minimum absolute atomic E-state index is 0.0217. The molecule has 1 fully saturated rings. The molecule has 214 valence electrons. The zero-order valence-electron chi connectivity index (χ0n) is 23.8. The predicted octanol–water partition coefficient (Wildman–Crippen LogP) is 7.10. The first-order chi connectivity index (χ1) is 19.6. The molecule has 0 spiro atoms. The maximum Gasteiger partial charge on any atom is 0.340 e. The number of nitrogens with zero attached hydrogens (tertiary/aromatic N) is 2. The summed E-state index contributed by atoms with van der Waals surface area (Å²) < 4.78 is 35.3. The Bertz CT molecular complexity index is 1650. The van der Waals surface area contributed by atoms with E-state index in [9.17, 15) is 13.2 Å². The Morgan fingerprint density at radius 1 is 0.902 bits per heavy atom. The molecule has 8 nitrogen and oxygen atoms in total. The second kappa shape index (κ2) is 11.9. The molecule has 0 saturated heterocycles. The first-order valence-electron chi connectivity index (χ1n) is 14.0. The van der Waals surface area contributed by atoms with Crippen molar-refractivity contribution in [2.45, 2.75) is 58.0 Å². The normalized spacial score (nSPS) is 19.2. The molecule has 0 aliphatic heterocycles. The molecule has 1 heterocycles. The van der Waals surface area contributed by atoms with Gasteiger partial charge in [0.15, 0.2) is 11.6 Å². The van der Waals surface area contributed by atoms with Gasteiger partial charge in [0, 0.05) is 0 Å². The second-order valence-electron chi connectivity index (χ2n) is 11.3. The molecule has 41 heavy (non-hydrogen) atoms. The van der Waals surface area contributed by atoms with Crippen molar-refractivity contribution in [2.75, 3.05) is 10.0 Å². The highest BCUT2D eigenvalue weighted by atomic mass is 32.2. The van der Waals surface area contributed by atoms with E-state index in [1.807, 2.05) is 19.1 Å². The second-order valence-corrected chi connectivity index (χ2v) is 13.0. The summed E-state index contributed by atoms with van der Waals surface area (Å²) in [5.41, 5.74) is 2.84. The number of rotatable bonds is 8. The molecule has 5 rings (SSSR count). The highest BCUT2D eigenvalue weighted by Crippen LogP contribution is 2.36. The Kier molecular flexibility index (Phi) is 8.26. The summed E-state index contributed by atoms with van der Waals surface area (Å²) in [5, 5.41) is 3.18. The number of carbonyl (C=O) groups excluding carboxylic acids is 1. The molecule has 1 saturated carbocycles. The van der Waals surface area contributed by atoms with Crippen LogP contribution in [0.1, 0.15) is 56.0 Å². The number of hydrogen-bond acceptors (Lipinski definition) is 7. The highest BCUT2D eigenvalue weighted by Gasteiger charge is 2.34. The zero-order chi connectivity index (χ0) is 29.1. The third kappa shape index (κ3) is 6.51. The number of carbonyl (C=O) groups is 1. The topological polar surface area (TPSA) is 110 Å². The summed E-state index contributed by atoms with van der Waals surface area (Å²) in [6.45, 7) is 8.44. The SMILES string of the molecule is Cc1ccc(S(=O)(=O)Nc2nc3ccccc3nc2Nc2ccccc2C(=O)O[C@@H]2C[C@@H](C)CC[C@@H]2C(C)C)cc1. The third-order valence-corrected chi connectivity index (χ3v) is 9.11. The van der Waals surface area contributed by atoms with E-state index in [1.165, 1.54) is 0 Å². The molecule has 0 amide bonds. The van der Waals surface area contributed by atoms with Gasteiger partial charge < -0.3 is 10.1 Å². The largest absolute Gasteiger partial charge is 0.458 e. The number of nitrogens with one attached hydrogen (secondary N) is 2. The Balaban J connectivity index is 1.48. The van der Waals surface area contributed by atoms with Crippen molar-refractivity contribution in [1.29, 1.82) is 0 Å². The van der Waals surface area contributed by atoms with Crippen LogP contribution in [0.25, 0.3) is 11.0 Å². The van der Waals surface area contributed by atoms with Crippen molar-refractivity contribution in [3.05, 3.63) is 83.9 Å². The molecule has 0 unspecified atom stereocenters. The summed E-state index contributed by atoms with van der Waals surface area (Å²) in [7, 11) is -3.96. The Hall–Kier alpha value is -3.98.